The van der Waals surface area contributed by atoms with Crippen LogP contribution >= 0.6 is 23.2 Å². The molecule has 3 aromatic rings. The first-order valence-electron chi connectivity index (χ1n) is 12.0. The highest BCUT2D eigenvalue weighted by Crippen LogP contribution is 2.30. The van der Waals surface area contributed by atoms with Crippen LogP contribution in [0, 0.1) is 0 Å². The van der Waals surface area contributed by atoms with Crippen molar-refractivity contribution in [3.63, 3.8) is 0 Å². The molecule has 3 N–H and O–H groups in total. The fraction of sp³-hybridized carbons (Fsp3) is 0.231. The summed E-state index contributed by atoms with van der Waals surface area (Å²) < 4.78 is 53.9. The second kappa shape index (κ2) is 12.1. The third-order valence-electron chi connectivity index (χ3n) is 6.21. The van der Waals surface area contributed by atoms with E-state index in [4.69, 9.17) is 33.4 Å². The van der Waals surface area contributed by atoms with Gasteiger partial charge in [0, 0.05) is 22.5 Å². The van der Waals surface area contributed by atoms with E-state index in [1.165, 1.54) is 36.2 Å². The van der Waals surface area contributed by atoms with Crippen molar-refractivity contribution in [3.05, 3.63) is 100 Å². The van der Waals surface area contributed by atoms with Gasteiger partial charge in [-0.3, -0.25) is 0 Å². The van der Waals surface area contributed by atoms with Gasteiger partial charge in [0.05, 0.1) is 22.4 Å². The lowest BCUT2D eigenvalue weighted by atomic mass is 9.91. The number of hydrogen-bond donors (Lipinski definition) is 2. The predicted octanol–water partition coefficient (Wildman–Crippen LogP) is 4.20. The van der Waals surface area contributed by atoms with Crippen molar-refractivity contribution in [2.45, 2.75) is 29.4 Å². The summed E-state index contributed by atoms with van der Waals surface area (Å²) in [5, 5.41) is 14.6. The van der Waals surface area contributed by atoms with Crippen LogP contribution in [0.5, 0.6) is 0 Å². The van der Waals surface area contributed by atoms with Crippen molar-refractivity contribution >= 4 is 54.9 Å². The van der Waals surface area contributed by atoms with Gasteiger partial charge >= 0.3 is 0 Å². The van der Waals surface area contributed by atoms with Gasteiger partial charge in [0.25, 0.3) is 10.0 Å². The number of primary sulfonamides is 1. The second-order valence-corrected chi connectivity index (χ2v) is 13.5. The molecule has 0 saturated carbocycles. The zero-order valence-corrected chi connectivity index (χ0v) is 24.1. The molecule has 0 amide bonds. The summed E-state index contributed by atoms with van der Waals surface area (Å²) in [6.07, 6.45) is 0.128. The van der Waals surface area contributed by atoms with Crippen LogP contribution in [0.25, 0.3) is 0 Å². The number of nitrogens with one attached hydrogen (secondary N) is 1. The molecule has 9 nitrogen and oxygen atoms in total. The zero-order valence-electron chi connectivity index (χ0n) is 20.9. The van der Waals surface area contributed by atoms with Gasteiger partial charge in [0.1, 0.15) is 0 Å². The lowest BCUT2D eigenvalue weighted by molar-refractivity contribution is 0.454. The second-order valence-electron chi connectivity index (χ2n) is 9.00. The maximum Gasteiger partial charge on any atom is 0.285 e. The Morgan fingerprint density at radius 1 is 1.00 bits per heavy atom. The molecular formula is C26H27Cl2N5O4S2. The highest BCUT2D eigenvalue weighted by Gasteiger charge is 2.32. The van der Waals surface area contributed by atoms with Crippen LogP contribution in [0.4, 0.5) is 0 Å². The van der Waals surface area contributed by atoms with Crippen molar-refractivity contribution in [3.8, 4) is 0 Å². The van der Waals surface area contributed by atoms with Crippen molar-refractivity contribution in [1.82, 2.24) is 10.3 Å². The van der Waals surface area contributed by atoms with Crippen LogP contribution in [0.15, 0.2) is 93.3 Å². The molecule has 0 saturated heterocycles. The lowest BCUT2D eigenvalue weighted by Gasteiger charge is -2.20. The predicted molar refractivity (Wildman–Crippen MR) is 155 cm³/mol. The minimum Gasteiger partial charge on any atom is -0.354 e. The Bertz CT molecular complexity index is 1580. The number of benzene rings is 3. The van der Waals surface area contributed by atoms with Gasteiger partial charge < -0.3 is 5.32 Å². The molecular weight excluding hydrogens is 581 g/mol. The Morgan fingerprint density at radius 2 is 1.59 bits per heavy atom. The third kappa shape index (κ3) is 7.37. The summed E-state index contributed by atoms with van der Waals surface area (Å²) >= 11 is 12.0. The monoisotopic (exact) mass is 607 g/mol. The minimum absolute atomic E-state index is 0.0449. The molecule has 0 spiro atoms. The lowest BCUT2D eigenvalue weighted by Crippen LogP contribution is -2.40. The van der Waals surface area contributed by atoms with E-state index in [9.17, 15) is 16.8 Å². The number of hydrazone groups is 1. The number of hydrogen-bond acceptors (Lipinski definition) is 5. The van der Waals surface area contributed by atoms with E-state index in [-0.39, 0.29) is 36.3 Å². The van der Waals surface area contributed by atoms with E-state index >= 15 is 0 Å². The summed E-state index contributed by atoms with van der Waals surface area (Å²) in [5.41, 5.74) is 2.50. The number of nitrogens with two attached hydrogens (primary N) is 1. The van der Waals surface area contributed by atoms with Crippen LogP contribution in [-0.2, 0) is 20.0 Å². The van der Waals surface area contributed by atoms with Crippen LogP contribution < -0.4 is 10.5 Å². The van der Waals surface area contributed by atoms with Gasteiger partial charge in [-0.25, -0.2) is 18.6 Å². The number of guanidine groups is 1. The van der Waals surface area contributed by atoms with Gasteiger partial charge in [-0.2, -0.15) is 13.5 Å². The Labute approximate surface area is 238 Å². The maximum absolute atomic E-state index is 13.2. The SMILES string of the molecule is CC(CCN/C(=N\S(=O)(=O)c1ccc(Cl)cc1)N1C[C@H](c2ccccc2)C(c2ccc(Cl)cc2)=N1)S(N)(=O)=O. The first-order chi connectivity index (χ1) is 18.4. The fourth-order valence-electron chi connectivity index (χ4n) is 3.96. The molecule has 0 bridgehead atoms. The molecule has 206 valence electrons. The maximum atomic E-state index is 13.2. The smallest absolute Gasteiger partial charge is 0.285 e. The van der Waals surface area contributed by atoms with Gasteiger partial charge in [0.2, 0.25) is 16.0 Å². The van der Waals surface area contributed by atoms with E-state index in [1.807, 2.05) is 42.5 Å². The minimum atomic E-state index is -4.17. The molecule has 3 aromatic carbocycles. The molecule has 13 heteroatoms. The molecule has 1 aliphatic rings. The summed E-state index contributed by atoms with van der Waals surface area (Å²) in [4.78, 5) is -0.0511. The molecule has 4 rings (SSSR count). The molecule has 0 aromatic heterocycles. The van der Waals surface area contributed by atoms with E-state index in [2.05, 4.69) is 9.71 Å². The van der Waals surface area contributed by atoms with Gasteiger partial charge in [0.15, 0.2) is 0 Å². The van der Waals surface area contributed by atoms with Gasteiger partial charge in [-0.1, -0.05) is 65.7 Å². The first kappa shape index (κ1) is 29.0. The van der Waals surface area contributed by atoms with Crippen LogP contribution in [0.1, 0.15) is 30.4 Å². The Balaban J connectivity index is 1.74. The summed E-state index contributed by atoms with van der Waals surface area (Å²) in [6.45, 7) is 1.86. The Hall–Kier alpha value is -2.96. The number of nitrogens with zero attached hydrogens (tertiary/aromatic N) is 3. The van der Waals surface area contributed by atoms with E-state index < -0.39 is 25.3 Å². The Morgan fingerprint density at radius 3 is 2.18 bits per heavy atom. The van der Waals surface area contributed by atoms with Crippen molar-refractivity contribution in [2.24, 2.45) is 14.6 Å². The standard InChI is InChI=1S/C26H27Cl2N5O4S2/c1-18(38(29,34)35)15-16-30-26(32-39(36,37)23-13-11-22(28)12-14-23)33-17-24(19-5-3-2-4-6-19)25(31-33)20-7-9-21(27)10-8-20/h2-14,18,24H,15-17H2,1H3,(H,30,32)(H2,29,34,35)/t18?,24-/m1/s1. The first-order valence-corrected chi connectivity index (χ1v) is 15.8. The van der Waals surface area contributed by atoms with Crippen LogP contribution in [-0.4, -0.2) is 51.9 Å². The third-order valence-corrected chi connectivity index (χ3v) is 9.36. The molecule has 1 aliphatic heterocycles. The zero-order chi connectivity index (χ0) is 28.2. The summed E-state index contributed by atoms with van der Waals surface area (Å²) in [5.74, 6) is -0.252. The van der Waals surface area contributed by atoms with Crippen molar-refractivity contribution < 1.29 is 16.8 Å². The summed E-state index contributed by atoms with van der Waals surface area (Å²) in [6, 6.07) is 22.6. The largest absolute Gasteiger partial charge is 0.354 e. The Kier molecular flexibility index (Phi) is 8.97. The molecule has 0 radical (unpaired) electrons. The molecule has 39 heavy (non-hydrogen) atoms. The number of sulfonamides is 2. The molecule has 0 fully saturated rings. The molecule has 1 heterocycles. The van der Waals surface area contributed by atoms with Gasteiger partial charge in [-0.15, -0.1) is 4.40 Å². The van der Waals surface area contributed by atoms with Crippen molar-refractivity contribution in [1.29, 1.82) is 0 Å². The van der Waals surface area contributed by atoms with Crippen LogP contribution in [0.3, 0.4) is 0 Å². The number of halogens is 2. The number of rotatable bonds is 8. The summed E-state index contributed by atoms with van der Waals surface area (Å²) in [7, 11) is -7.92. The van der Waals surface area contributed by atoms with Crippen molar-refractivity contribution in [2.75, 3.05) is 13.1 Å². The van der Waals surface area contributed by atoms with E-state index in [0.717, 1.165) is 11.1 Å². The quantitative estimate of drug-likeness (QED) is 0.291. The molecule has 0 aliphatic carbocycles. The van der Waals surface area contributed by atoms with E-state index in [1.54, 1.807) is 12.1 Å². The normalized spacial score (nSPS) is 17.1. The van der Waals surface area contributed by atoms with Gasteiger partial charge in [-0.05, 0) is 60.9 Å². The average Bonchev–Trinajstić information content (AvgIpc) is 3.34. The van der Waals surface area contributed by atoms with Crippen LogP contribution in [0.2, 0.25) is 10.0 Å². The highest BCUT2D eigenvalue weighted by molar-refractivity contribution is 7.90. The average molecular weight is 609 g/mol. The molecule has 1 unspecified atom stereocenters. The van der Waals surface area contributed by atoms with E-state index in [0.29, 0.717) is 15.8 Å². The fourth-order valence-corrected chi connectivity index (χ4v) is 5.63. The molecule has 2 atom stereocenters. The topological polar surface area (TPSA) is 134 Å². The highest BCUT2D eigenvalue weighted by atomic mass is 35.5.